The van der Waals surface area contributed by atoms with Gasteiger partial charge in [-0.1, -0.05) is 6.07 Å². The molecule has 0 aromatic heterocycles. The zero-order valence-corrected chi connectivity index (χ0v) is 19.8. The molecular formula is C23H28F3N3O4S. The van der Waals surface area contributed by atoms with Gasteiger partial charge in [0.15, 0.2) is 0 Å². The van der Waals surface area contributed by atoms with Gasteiger partial charge in [-0.3, -0.25) is 4.79 Å². The van der Waals surface area contributed by atoms with Gasteiger partial charge in [-0.2, -0.15) is 17.5 Å². The highest BCUT2D eigenvalue weighted by Gasteiger charge is 2.33. The maximum atomic E-state index is 13.4. The van der Waals surface area contributed by atoms with Crippen molar-refractivity contribution in [1.82, 2.24) is 9.21 Å². The quantitative estimate of drug-likeness (QED) is 0.600. The molecule has 186 valence electrons. The van der Waals surface area contributed by atoms with Gasteiger partial charge in [0.05, 0.1) is 17.1 Å². The van der Waals surface area contributed by atoms with Crippen molar-refractivity contribution in [2.45, 2.75) is 30.0 Å². The number of nitrogens with one attached hydrogen (secondary N) is 1. The van der Waals surface area contributed by atoms with Crippen molar-refractivity contribution >= 4 is 21.6 Å². The van der Waals surface area contributed by atoms with Crippen LogP contribution in [0, 0.1) is 0 Å². The van der Waals surface area contributed by atoms with Crippen LogP contribution in [0.2, 0.25) is 0 Å². The molecule has 0 spiro atoms. The van der Waals surface area contributed by atoms with Crippen molar-refractivity contribution < 1.29 is 31.1 Å². The van der Waals surface area contributed by atoms with Gasteiger partial charge in [-0.05, 0) is 75.4 Å². The number of alkyl halides is 3. The molecule has 3 rings (SSSR count). The Balaban J connectivity index is 1.76. The SMILES string of the molecule is COCCN(C1CCN(C)CC1)S(=O)(=O)c1ccc(NC(=O)c2cccc(C(F)(F)F)c2)cc1. The number of hydrogen-bond acceptors (Lipinski definition) is 5. The van der Waals surface area contributed by atoms with Crippen LogP contribution < -0.4 is 5.32 Å². The number of carbonyl (C=O) groups is 1. The molecular weight excluding hydrogens is 471 g/mol. The maximum absolute atomic E-state index is 13.4. The first kappa shape index (κ1) is 26.1. The van der Waals surface area contributed by atoms with Crippen molar-refractivity contribution in [3.63, 3.8) is 0 Å². The van der Waals surface area contributed by atoms with Crippen molar-refractivity contribution in [3.05, 3.63) is 59.7 Å². The van der Waals surface area contributed by atoms with E-state index in [9.17, 15) is 26.4 Å². The molecule has 1 saturated heterocycles. The number of likely N-dealkylation sites (tertiary alicyclic amines) is 1. The number of sulfonamides is 1. The molecule has 34 heavy (non-hydrogen) atoms. The highest BCUT2D eigenvalue weighted by Crippen LogP contribution is 2.30. The number of amides is 1. The second kappa shape index (κ2) is 10.9. The topological polar surface area (TPSA) is 79.0 Å². The van der Waals surface area contributed by atoms with E-state index in [2.05, 4.69) is 10.2 Å². The van der Waals surface area contributed by atoms with Crippen LogP contribution in [-0.2, 0) is 20.9 Å². The molecule has 0 aliphatic carbocycles. The van der Waals surface area contributed by atoms with Crippen molar-refractivity contribution in [2.24, 2.45) is 0 Å². The molecule has 1 amide bonds. The molecule has 1 heterocycles. The summed E-state index contributed by atoms with van der Waals surface area (Å²) in [5.41, 5.74) is -0.810. The summed E-state index contributed by atoms with van der Waals surface area (Å²) in [6.07, 6.45) is -3.14. The van der Waals surface area contributed by atoms with Gasteiger partial charge in [-0.15, -0.1) is 0 Å². The third-order valence-corrected chi connectivity index (χ3v) is 7.75. The third kappa shape index (κ3) is 6.35. The third-order valence-electron chi connectivity index (χ3n) is 5.78. The van der Waals surface area contributed by atoms with Gasteiger partial charge >= 0.3 is 6.18 Å². The van der Waals surface area contributed by atoms with Crippen LogP contribution >= 0.6 is 0 Å². The van der Waals surface area contributed by atoms with Gasteiger partial charge in [0.2, 0.25) is 10.0 Å². The van der Waals surface area contributed by atoms with Crippen molar-refractivity contribution in [3.8, 4) is 0 Å². The van der Waals surface area contributed by atoms with Gasteiger partial charge in [0.25, 0.3) is 5.91 Å². The number of methoxy groups -OCH3 is 1. The molecule has 1 fully saturated rings. The van der Waals surface area contributed by atoms with E-state index in [-0.39, 0.29) is 35.3 Å². The lowest BCUT2D eigenvalue weighted by Gasteiger charge is -2.36. The monoisotopic (exact) mass is 499 g/mol. The first-order valence-electron chi connectivity index (χ1n) is 10.8. The number of anilines is 1. The van der Waals surface area contributed by atoms with Gasteiger partial charge in [-0.25, -0.2) is 8.42 Å². The molecule has 0 atom stereocenters. The van der Waals surface area contributed by atoms with Gasteiger partial charge in [0.1, 0.15) is 0 Å². The minimum Gasteiger partial charge on any atom is -0.383 e. The summed E-state index contributed by atoms with van der Waals surface area (Å²) in [5, 5.41) is 2.51. The van der Waals surface area contributed by atoms with Crippen molar-refractivity contribution in [2.75, 3.05) is 45.7 Å². The Hall–Kier alpha value is -2.47. The average Bonchev–Trinajstić information content (AvgIpc) is 2.80. The van der Waals surface area contributed by atoms with Crippen LogP contribution in [0.1, 0.15) is 28.8 Å². The van der Waals surface area contributed by atoms with E-state index in [0.717, 1.165) is 31.3 Å². The summed E-state index contributed by atoms with van der Waals surface area (Å²) in [4.78, 5) is 14.6. The molecule has 2 aromatic rings. The fraction of sp³-hybridized carbons (Fsp3) is 0.435. The number of halogens is 3. The summed E-state index contributed by atoms with van der Waals surface area (Å²) in [5.74, 6) is -0.727. The van der Waals surface area contributed by atoms with Crippen LogP contribution in [0.5, 0.6) is 0 Å². The van der Waals surface area contributed by atoms with Crippen LogP contribution in [0.4, 0.5) is 18.9 Å². The Bertz CT molecular complexity index is 1080. The summed E-state index contributed by atoms with van der Waals surface area (Å²) >= 11 is 0. The fourth-order valence-electron chi connectivity index (χ4n) is 3.85. The predicted octanol–water partition coefficient (Wildman–Crippen LogP) is 3.69. The number of benzene rings is 2. The number of hydrogen-bond donors (Lipinski definition) is 1. The second-order valence-electron chi connectivity index (χ2n) is 8.20. The molecule has 2 aromatic carbocycles. The molecule has 0 saturated carbocycles. The number of piperidine rings is 1. The smallest absolute Gasteiger partial charge is 0.383 e. The Morgan fingerprint density at radius 3 is 2.38 bits per heavy atom. The van der Waals surface area contributed by atoms with Crippen LogP contribution in [-0.4, -0.2) is 70.0 Å². The van der Waals surface area contributed by atoms with E-state index in [0.29, 0.717) is 12.8 Å². The number of rotatable bonds is 8. The zero-order chi connectivity index (χ0) is 24.9. The predicted molar refractivity (Wildman–Crippen MR) is 122 cm³/mol. The standard InChI is InChI=1S/C23H28F3N3O4S/c1-28-12-10-20(11-13-28)29(14-15-33-2)34(31,32)21-8-6-19(7-9-21)27-22(30)17-4-3-5-18(16-17)23(24,25)26/h3-9,16,20H,10-15H2,1-2H3,(H,27,30). The summed E-state index contributed by atoms with van der Waals surface area (Å²) in [7, 11) is -0.301. The summed E-state index contributed by atoms with van der Waals surface area (Å²) in [6.45, 7) is 2.08. The number of ether oxygens (including phenoxy) is 1. The Morgan fingerprint density at radius 1 is 1.15 bits per heavy atom. The molecule has 11 heteroatoms. The summed E-state index contributed by atoms with van der Waals surface area (Å²) in [6, 6.07) is 9.54. The lowest BCUT2D eigenvalue weighted by molar-refractivity contribution is -0.137. The first-order valence-corrected chi connectivity index (χ1v) is 12.2. The number of carbonyl (C=O) groups excluding carboxylic acids is 1. The highest BCUT2D eigenvalue weighted by molar-refractivity contribution is 7.89. The molecule has 0 unspecified atom stereocenters. The molecule has 0 bridgehead atoms. The Labute approximate surface area is 197 Å². The fourth-order valence-corrected chi connectivity index (χ4v) is 5.52. The first-order chi connectivity index (χ1) is 16.0. The van der Waals surface area contributed by atoms with Gasteiger partial charge < -0.3 is 15.0 Å². The summed E-state index contributed by atoms with van der Waals surface area (Å²) < 4.78 is 72.0. The Morgan fingerprint density at radius 2 is 1.79 bits per heavy atom. The molecule has 1 aliphatic heterocycles. The minimum absolute atomic E-state index is 0.0691. The largest absolute Gasteiger partial charge is 0.416 e. The highest BCUT2D eigenvalue weighted by atomic mass is 32.2. The van der Waals surface area contributed by atoms with Gasteiger partial charge in [0, 0.05) is 30.9 Å². The van der Waals surface area contributed by atoms with E-state index in [1.54, 1.807) is 0 Å². The number of nitrogens with zero attached hydrogens (tertiary/aromatic N) is 2. The van der Waals surface area contributed by atoms with E-state index in [1.165, 1.54) is 41.7 Å². The average molecular weight is 500 g/mol. The van der Waals surface area contributed by atoms with Crippen LogP contribution in [0.3, 0.4) is 0 Å². The lowest BCUT2D eigenvalue weighted by atomic mass is 10.1. The molecule has 0 radical (unpaired) electrons. The normalized spacial score (nSPS) is 16.1. The second-order valence-corrected chi connectivity index (χ2v) is 10.1. The lowest BCUT2D eigenvalue weighted by Crippen LogP contribution is -2.47. The van der Waals surface area contributed by atoms with Crippen LogP contribution in [0.15, 0.2) is 53.4 Å². The zero-order valence-electron chi connectivity index (χ0n) is 19.0. The van der Waals surface area contributed by atoms with E-state index in [1.807, 2.05) is 7.05 Å². The van der Waals surface area contributed by atoms with E-state index < -0.39 is 27.7 Å². The molecule has 1 aliphatic rings. The minimum atomic E-state index is -4.56. The van der Waals surface area contributed by atoms with Crippen molar-refractivity contribution in [1.29, 1.82) is 0 Å². The maximum Gasteiger partial charge on any atom is 0.416 e. The van der Waals surface area contributed by atoms with E-state index in [4.69, 9.17) is 4.74 Å². The van der Waals surface area contributed by atoms with E-state index >= 15 is 0 Å². The molecule has 7 nitrogen and oxygen atoms in total. The Kier molecular flexibility index (Phi) is 8.34. The van der Waals surface area contributed by atoms with Crippen LogP contribution in [0.25, 0.3) is 0 Å². The molecule has 1 N–H and O–H groups in total.